The van der Waals surface area contributed by atoms with Gasteiger partial charge < -0.3 is 15.0 Å². The predicted octanol–water partition coefficient (Wildman–Crippen LogP) is 1.64. The third-order valence-corrected chi connectivity index (χ3v) is 2.80. The van der Waals surface area contributed by atoms with E-state index in [1.54, 1.807) is 24.3 Å². The zero-order valence-corrected chi connectivity index (χ0v) is 10.5. The molecule has 0 aliphatic carbocycles. The lowest BCUT2D eigenvalue weighted by atomic mass is 10.2. The zero-order chi connectivity index (χ0) is 14.5. The second-order valence-electron chi connectivity index (χ2n) is 4.19. The van der Waals surface area contributed by atoms with E-state index in [2.05, 4.69) is 5.32 Å². The summed E-state index contributed by atoms with van der Waals surface area (Å²) in [6.45, 7) is -0.0573. The van der Waals surface area contributed by atoms with Gasteiger partial charge in [0, 0.05) is 18.3 Å². The summed E-state index contributed by atoms with van der Waals surface area (Å²) in [5.74, 6) is -1.87. The molecule has 1 amide bonds. The van der Waals surface area contributed by atoms with E-state index in [1.165, 1.54) is 22.9 Å². The highest BCUT2D eigenvalue weighted by Gasteiger charge is 2.11. The van der Waals surface area contributed by atoms with Crippen LogP contribution in [0.1, 0.15) is 16.1 Å². The van der Waals surface area contributed by atoms with Crippen LogP contribution < -0.4 is 5.32 Å². The van der Waals surface area contributed by atoms with Gasteiger partial charge in [0.05, 0.1) is 0 Å². The van der Waals surface area contributed by atoms with Crippen LogP contribution in [-0.4, -0.2) is 21.6 Å². The minimum absolute atomic E-state index is 0.0334. The van der Waals surface area contributed by atoms with Crippen LogP contribution in [0.4, 0.5) is 4.39 Å². The number of carbonyl (C=O) groups excluding carboxylic acids is 1. The molecule has 1 aromatic carbocycles. The minimum Gasteiger partial charge on any atom is -0.477 e. The topological polar surface area (TPSA) is 71.3 Å². The van der Waals surface area contributed by atoms with Crippen molar-refractivity contribution in [2.45, 2.75) is 13.1 Å². The molecule has 0 aliphatic heterocycles. The number of hydrogen-bond acceptors (Lipinski definition) is 2. The Kier molecular flexibility index (Phi) is 4.14. The van der Waals surface area contributed by atoms with E-state index in [-0.39, 0.29) is 30.5 Å². The van der Waals surface area contributed by atoms with Crippen LogP contribution >= 0.6 is 0 Å². The molecule has 0 fully saturated rings. The molecule has 0 saturated carbocycles. The lowest BCUT2D eigenvalue weighted by Gasteiger charge is -2.08. The number of aromatic carboxylic acids is 1. The van der Waals surface area contributed by atoms with Gasteiger partial charge in [-0.1, -0.05) is 18.2 Å². The van der Waals surface area contributed by atoms with Gasteiger partial charge >= 0.3 is 5.97 Å². The normalized spacial score (nSPS) is 10.2. The maximum atomic E-state index is 13.4. The molecule has 6 heteroatoms. The van der Waals surface area contributed by atoms with Crippen molar-refractivity contribution >= 4 is 11.9 Å². The maximum Gasteiger partial charge on any atom is 0.352 e. The molecule has 0 atom stereocenters. The lowest BCUT2D eigenvalue weighted by molar-refractivity contribution is -0.121. The van der Waals surface area contributed by atoms with Crippen LogP contribution in [0.3, 0.4) is 0 Å². The van der Waals surface area contributed by atoms with Crippen molar-refractivity contribution in [2.75, 3.05) is 0 Å². The molecule has 2 N–H and O–H groups in total. The molecule has 104 valence electrons. The highest BCUT2D eigenvalue weighted by Crippen LogP contribution is 2.06. The molecule has 2 aromatic rings. The Labute approximate surface area is 114 Å². The van der Waals surface area contributed by atoms with Crippen molar-refractivity contribution in [1.82, 2.24) is 9.88 Å². The number of rotatable bonds is 5. The third kappa shape index (κ3) is 3.23. The average molecular weight is 276 g/mol. The number of halogens is 1. The number of nitrogens with one attached hydrogen (secondary N) is 1. The van der Waals surface area contributed by atoms with E-state index in [0.717, 1.165) is 0 Å². The van der Waals surface area contributed by atoms with Crippen LogP contribution in [0.2, 0.25) is 0 Å². The van der Waals surface area contributed by atoms with Gasteiger partial charge in [0.15, 0.2) is 0 Å². The molecular formula is C14H13FN2O3. The quantitative estimate of drug-likeness (QED) is 0.872. The molecule has 0 radical (unpaired) electrons. The number of benzene rings is 1. The second-order valence-corrected chi connectivity index (χ2v) is 4.19. The van der Waals surface area contributed by atoms with Crippen molar-refractivity contribution in [3.05, 3.63) is 59.7 Å². The number of nitrogens with zero attached hydrogens (tertiary/aromatic N) is 1. The van der Waals surface area contributed by atoms with Crippen molar-refractivity contribution in [3.8, 4) is 0 Å². The highest BCUT2D eigenvalue weighted by atomic mass is 19.1. The molecule has 0 aliphatic rings. The Morgan fingerprint density at radius 2 is 1.95 bits per heavy atom. The van der Waals surface area contributed by atoms with Gasteiger partial charge in [-0.25, -0.2) is 9.18 Å². The smallest absolute Gasteiger partial charge is 0.352 e. The Hall–Kier alpha value is -2.63. The number of carboxylic acid groups (broad SMARTS) is 1. The molecule has 1 aromatic heterocycles. The van der Waals surface area contributed by atoms with E-state index in [9.17, 15) is 14.0 Å². The van der Waals surface area contributed by atoms with Crippen LogP contribution in [0.15, 0.2) is 42.6 Å². The fraction of sp³-hybridized carbons (Fsp3) is 0.143. The summed E-state index contributed by atoms with van der Waals surface area (Å²) in [4.78, 5) is 22.6. The van der Waals surface area contributed by atoms with Crippen LogP contribution in [0.5, 0.6) is 0 Å². The van der Waals surface area contributed by atoms with E-state index in [4.69, 9.17) is 5.11 Å². The maximum absolute atomic E-state index is 13.4. The molecule has 2 rings (SSSR count). The van der Waals surface area contributed by atoms with Crippen molar-refractivity contribution in [3.63, 3.8) is 0 Å². The molecule has 0 bridgehead atoms. The number of hydrogen-bond donors (Lipinski definition) is 2. The summed E-state index contributed by atoms with van der Waals surface area (Å²) >= 11 is 0. The van der Waals surface area contributed by atoms with Gasteiger partial charge in [0.1, 0.15) is 18.1 Å². The Morgan fingerprint density at radius 1 is 1.20 bits per heavy atom. The second kappa shape index (κ2) is 6.01. The van der Waals surface area contributed by atoms with E-state index in [1.807, 2.05) is 0 Å². The van der Waals surface area contributed by atoms with Crippen LogP contribution in [0.25, 0.3) is 0 Å². The average Bonchev–Trinajstić information content (AvgIpc) is 2.86. The first-order valence-electron chi connectivity index (χ1n) is 5.96. The number of carbonyl (C=O) groups is 2. The zero-order valence-electron chi connectivity index (χ0n) is 10.5. The highest BCUT2D eigenvalue weighted by molar-refractivity contribution is 5.86. The first-order valence-corrected chi connectivity index (χ1v) is 5.96. The lowest BCUT2D eigenvalue weighted by Crippen LogP contribution is -2.28. The molecule has 5 nitrogen and oxygen atoms in total. The Bertz CT molecular complexity index is 637. The summed E-state index contributed by atoms with van der Waals surface area (Å²) < 4.78 is 14.7. The van der Waals surface area contributed by atoms with E-state index >= 15 is 0 Å². The molecule has 0 saturated heterocycles. The predicted molar refractivity (Wildman–Crippen MR) is 69.6 cm³/mol. The van der Waals surface area contributed by atoms with Gasteiger partial charge in [-0.15, -0.1) is 0 Å². The van der Waals surface area contributed by atoms with Crippen molar-refractivity contribution < 1.29 is 19.1 Å². The molecule has 1 heterocycles. The van der Waals surface area contributed by atoms with E-state index in [0.29, 0.717) is 5.56 Å². The van der Waals surface area contributed by atoms with Gasteiger partial charge in [-0.2, -0.15) is 0 Å². The largest absolute Gasteiger partial charge is 0.477 e. The van der Waals surface area contributed by atoms with Crippen molar-refractivity contribution in [2.24, 2.45) is 0 Å². The van der Waals surface area contributed by atoms with Crippen LogP contribution in [-0.2, 0) is 17.9 Å². The molecule has 20 heavy (non-hydrogen) atoms. The molecule has 0 unspecified atom stereocenters. The van der Waals surface area contributed by atoms with Crippen LogP contribution in [0, 0.1) is 5.82 Å². The summed E-state index contributed by atoms with van der Waals surface area (Å²) in [5, 5.41) is 11.5. The number of aromatic nitrogens is 1. The fourth-order valence-corrected chi connectivity index (χ4v) is 1.79. The van der Waals surface area contributed by atoms with Gasteiger partial charge in [-0.05, 0) is 18.2 Å². The first-order chi connectivity index (χ1) is 9.58. The Balaban J connectivity index is 1.95. The third-order valence-electron chi connectivity index (χ3n) is 2.80. The molecular weight excluding hydrogens is 263 g/mol. The summed E-state index contributed by atoms with van der Waals surface area (Å²) in [6.07, 6.45) is 1.51. The summed E-state index contributed by atoms with van der Waals surface area (Å²) in [6, 6.07) is 9.10. The first kappa shape index (κ1) is 13.8. The molecule has 0 spiro atoms. The van der Waals surface area contributed by atoms with Gasteiger partial charge in [0.2, 0.25) is 5.91 Å². The fourth-order valence-electron chi connectivity index (χ4n) is 1.79. The van der Waals surface area contributed by atoms with Gasteiger partial charge in [0.25, 0.3) is 0 Å². The SMILES string of the molecule is O=C(Cn1cccc1C(=O)O)NCc1ccccc1F. The van der Waals surface area contributed by atoms with Crippen molar-refractivity contribution in [1.29, 1.82) is 0 Å². The monoisotopic (exact) mass is 276 g/mol. The number of carboxylic acids is 1. The standard InChI is InChI=1S/C14H13FN2O3/c15-11-5-2-1-4-10(11)8-16-13(18)9-17-7-3-6-12(17)14(19)20/h1-7H,8-9H2,(H,16,18)(H,19,20). The van der Waals surface area contributed by atoms with Gasteiger partial charge in [-0.3, -0.25) is 4.79 Å². The van der Waals surface area contributed by atoms with E-state index < -0.39 is 5.97 Å². The minimum atomic E-state index is -1.10. The Morgan fingerprint density at radius 3 is 2.65 bits per heavy atom. The number of amides is 1. The summed E-state index contributed by atoms with van der Waals surface area (Å²) in [5.41, 5.74) is 0.415. The summed E-state index contributed by atoms with van der Waals surface area (Å²) in [7, 11) is 0.